The number of rotatable bonds is 2. The van der Waals surface area contributed by atoms with Gasteiger partial charge in [0, 0.05) is 37.0 Å². The number of piperidine rings is 1. The number of nitrogens with two attached hydrogens (primary N) is 1. The van der Waals surface area contributed by atoms with Crippen LogP contribution in [0, 0.1) is 11.6 Å². The van der Waals surface area contributed by atoms with E-state index in [0.29, 0.717) is 13.1 Å². The highest BCUT2D eigenvalue weighted by Gasteiger charge is 2.26. The number of anilines is 2. The van der Waals surface area contributed by atoms with Crippen molar-refractivity contribution in [3.63, 3.8) is 0 Å². The molecule has 2 amide bonds. The van der Waals surface area contributed by atoms with Crippen LogP contribution in [0.1, 0.15) is 24.5 Å². The van der Waals surface area contributed by atoms with Crippen molar-refractivity contribution in [3.8, 4) is 0 Å². The van der Waals surface area contributed by atoms with Crippen molar-refractivity contribution in [2.45, 2.75) is 18.8 Å². The molecule has 0 radical (unpaired) electrons. The van der Waals surface area contributed by atoms with Crippen molar-refractivity contribution in [2.75, 3.05) is 24.1 Å². The van der Waals surface area contributed by atoms with E-state index in [-0.39, 0.29) is 17.6 Å². The van der Waals surface area contributed by atoms with Crippen molar-refractivity contribution in [2.24, 2.45) is 0 Å². The summed E-state index contributed by atoms with van der Waals surface area (Å²) in [4.78, 5) is 22.0. The lowest BCUT2D eigenvalue weighted by Gasteiger charge is -2.32. The number of hydrogen-bond acceptors (Lipinski definition) is 4. The smallest absolute Gasteiger partial charge is 0.321 e. The van der Waals surface area contributed by atoms with E-state index in [1.54, 1.807) is 17.2 Å². The van der Waals surface area contributed by atoms with Gasteiger partial charge >= 0.3 is 6.03 Å². The molecule has 8 heteroatoms. The third kappa shape index (κ3) is 3.76. The van der Waals surface area contributed by atoms with Gasteiger partial charge in [0.1, 0.15) is 11.6 Å². The molecule has 1 atom stereocenters. The lowest BCUT2D eigenvalue weighted by atomic mass is 9.95. The molecule has 0 aliphatic carbocycles. The molecule has 1 fully saturated rings. The number of hydrogen-bond donors (Lipinski definition) is 2. The van der Waals surface area contributed by atoms with Crippen LogP contribution in [0.25, 0.3) is 0 Å². The van der Waals surface area contributed by atoms with Gasteiger partial charge in [-0.05, 0) is 31.0 Å². The Morgan fingerprint density at radius 1 is 1.29 bits per heavy atom. The summed E-state index contributed by atoms with van der Waals surface area (Å²) >= 11 is 0. The molecular weight excluding hydrogens is 316 g/mol. The highest BCUT2D eigenvalue weighted by Crippen LogP contribution is 2.26. The Hall–Kier alpha value is -2.77. The topological polar surface area (TPSA) is 84.1 Å². The lowest BCUT2D eigenvalue weighted by molar-refractivity contribution is 0.192. The van der Waals surface area contributed by atoms with Crippen molar-refractivity contribution < 1.29 is 13.6 Å². The second-order valence-electron chi connectivity index (χ2n) is 5.71. The molecule has 0 spiro atoms. The van der Waals surface area contributed by atoms with Crippen LogP contribution < -0.4 is 11.1 Å². The van der Waals surface area contributed by atoms with Gasteiger partial charge in [0.25, 0.3) is 0 Å². The minimum Gasteiger partial charge on any atom is -0.368 e. The number of nitrogens with zero attached hydrogens (tertiary/aromatic N) is 3. The van der Waals surface area contributed by atoms with E-state index in [4.69, 9.17) is 5.73 Å². The zero-order valence-electron chi connectivity index (χ0n) is 12.9. The molecule has 1 aromatic heterocycles. The van der Waals surface area contributed by atoms with E-state index in [1.807, 2.05) is 0 Å². The summed E-state index contributed by atoms with van der Waals surface area (Å²) < 4.78 is 26.4. The zero-order valence-corrected chi connectivity index (χ0v) is 12.9. The monoisotopic (exact) mass is 333 g/mol. The van der Waals surface area contributed by atoms with Crippen LogP contribution in [0.15, 0.2) is 30.5 Å². The SMILES string of the molecule is Nc1nccc(C2CCCN(C(=O)Nc3cc(F)cc(F)c3)C2)n1. The summed E-state index contributed by atoms with van der Waals surface area (Å²) in [6.07, 6.45) is 3.28. The fraction of sp³-hybridized carbons (Fsp3) is 0.312. The zero-order chi connectivity index (χ0) is 17.1. The number of carbonyl (C=O) groups is 1. The molecule has 3 rings (SSSR count). The number of halogens is 2. The molecule has 1 aromatic carbocycles. The van der Waals surface area contributed by atoms with Gasteiger partial charge in [-0.2, -0.15) is 0 Å². The second-order valence-corrected chi connectivity index (χ2v) is 5.71. The third-order valence-corrected chi connectivity index (χ3v) is 3.94. The van der Waals surface area contributed by atoms with Crippen molar-refractivity contribution in [3.05, 3.63) is 47.8 Å². The van der Waals surface area contributed by atoms with Gasteiger partial charge in [0.05, 0.1) is 5.69 Å². The minimum atomic E-state index is -0.738. The first-order valence-electron chi connectivity index (χ1n) is 7.62. The largest absolute Gasteiger partial charge is 0.368 e. The van der Waals surface area contributed by atoms with Gasteiger partial charge < -0.3 is 16.0 Å². The average molecular weight is 333 g/mol. The van der Waals surface area contributed by atoms with Crippen molar-refractivity contribution in [1.82, 2.24) is 14.9 Å². The summed E-state index contributed by atoms with van der Waals surface area (Å²) in [5, 5.41) is 2.53. The van der Waals surface area contributed by atoms with Crippen LogP contribution >= 0.6 is 0 Å². The number of nitrogens with one attached hydrogen (secondary N) is 1. The molecule has 126 valence electrons. The van der Waals surface area contributed by atoms with Gasteiger partial charge in [-0.3, -0.25) is 0 Å². The number of nitrogen functional groups attached to an aromatic ring is 1. The van der Waals surface area contributed by atoms with E-state index in [0.717, 1.165) is 36.7 Å². The number of amides is 2. The van der Waals surface area contributed by atoms with Crippen LogP contribution in [0.5, 0.6) is 0 Å². The maximum Gasteiger partial charge on any atom is 0.321 e. The predicted octanol–water partition coefficient (Wildman–Crippen LogP) is 2.75. The maximum absolute atomic E-state index is 13.2. The van der Waals surface area contributed by atoms with E-state index in [1.165, 1.54) is 0 Å². The van der Waals surface area contributed by atoms with Crippen LogP contribution in [-0.2, 0) is 0 Å². The van der Waals surface area contributed by atoms with Gasteiger partial charge in [-0.25, -0.2) is 23.5 Å². The maximum atomic E-state index is 13.2. The Balaban J connectivity index is 1.69. The first-order valence-corrected chi connectivity index (χ1v) is 7.62. The number of carbonyl (C=O) groups excluding carboxylic acids is 1. The summed E-state index contributed by atoms with van der Waals surface area (Å²) in [6.45, 7) is 1.03. The number of aromatic nitrogens is 2. The lowest BCUT2D eigenvalue weighted by Crippen LogP contribution is -2.41. The molecule has 3 N–H and O–H groups in total. The summed E-state index contributed by atoms with van der Waals surface area (Å²) in [5.41, 5.74) is 6.48. The van der Waals surface area contributed by atoms with Crippen LogP contribution in [-0.4, -0.2) is 34.0 Å². The molecule has 6 nitrogen and oxygen atoms in total. The molecule has 2 heterocycles. The number of urea groups is 1. The Morgan fingerprint density at radius 3 is 2.75 bits per heavy atom. The highest BCUT2D eigenvalue weighted by atomic mass is 19.1. The van der Waals surface area contributed by atoms with E-state index in [2.05, 4.69) is 15.3 Å². The number of benzene rings is 1. The van der Waals surface area contributed by atoms with Crippen molar-refractivity contribution in [1.29, 1.82) is 0 Å². The van der Waals surface area contributed by atoms with Crippen LogP contribution in [0.2, 0.25) is 0 Å². The average Bonchev–Trinajstić information content (AvgIpc) is 2.54. The molecule has 1 unspecified atom stereocenters. The Bertz CT molecular complexity index is 735. The molecular formula is C16H17F2N5O. The van der Waals surface area contributed by atoms with Gasteiger partial charge in [-0.15, -0.1) is 0 Å². The Kier molecular flexibility index (Phi) is 4.54. The minimum absolute atomic E-state index is 0.0547. The summed E-state index contributed by atoms with van der Waals surface area (Å²) in [6, 6.07) is 4.30. The van der Waals surface area contributed by atoms with E-state index in [9.17, 15) is 13.6 Å². The van der Waals surface area contributed by atoms with Gasteiger partial charge in [-0.1, -0.05) is 0 Å². The van der Waals surface area contributed by atoms with Crippen LogP contribution in [0.4, 0.5) is 25.2 Å². The van der Waals surface area contributed by atoms with Gasteiger partial charge in [0.2, 0.25) is 5.95 Å². The standard InChI is InChI=1S/C16H17F2N5O/c17-11-6-12(18)8-13(7-11)21-16(24)23-5-1-2-10(9-23)14-3-4-20-15(19)22-14/h3-4,6-8,10H,1-2,5,9H2,(H,21,24)(H2,19,20,22). The Labute approximate surface area is 137 Å². The first kappa shape index (κ1) is 16.1. The fourth-order valence-corrected chi connectivity index (χ4v) is 2.85. The van der Waals surface area contributed by atoms with Crippen LogP contribution in [0.3, 0.4) is 0 Å². The molecule has 1 aliphatic heterocycles. The quantitative estimate of drug-likeness (QED) is 0.885. The summed E-state index contributed by atoms with van der Waals surface area (Å²) in [7, 11) is 0. The fourth-order valence-electron chi connectivity index (χ4n) is 2.85. The van der Waals surface area contributed by atoms with Crippen molar-refractivity contribution >= 4 is 17.7 Å². The highest BCUT2D eigenvalue weighted by molar-refractivity contribution is 5.89. The predicted molar refractivity (Wildman–Crippen MR) is 85.4 cm³/mol. The second kappa shape index (κ2) is 6.77. The molecule has 0 bridgehead atoms. The van der Waals surface area contributed by atoms with Gasteiger partial charge in [0.15, 0.2) is 0 Å². The third-order valence-electron chi connectivity index (χ3n) is 3.94. The molecule has 24 heavy (non-hydrogen) atoms. The Morgan fingerprint density at radius 2 is 2.04 bits per heavy atom. The molecule has 1 saturated heterocycles. The summed E-state index contributed by atoms with van der Waals surface area (Å²) in [5.74, 6) is -1.22. The normalized spacial score (nSPS) is 17.6. The van der Waals surface area contributed by atoms with E-state index >= 15 is 0 Å². The number of likely N-dealkylation sites (tertiary alicyclic amines) is 1. The molecule has 1 aliphatic rings. The first-order chi connectivity index (χ1) is 11.5. The molecule has 2 aromatic rings. The molecule has 0 saturated carbocycles. The van der Waals surface area contributed by atoms with E-state index < -0.39 is 17.7 Å².